The smallest absolute Gasteiger partial charge is 0.234 e. The second kappa shape index (κ2) is 7.82. The first-order valence-corrected chi connectivity index (χ1v) is 9.43. The number of nitriles is 1. The van der Waals surface area contributed by atoms with Crippen LogP contribution in [0.5, 0.6) is 0 Å². The third kappa shape index (κ3) is 3.97. The molecule has 0 atom stereocenters. The van der Waals surface area contributed by atoms with Crippen LogP contribution in [0, 0.1) is 29.0 Å². The summed E-state index contributed by atoms with van der Waals surface area (Å²) in [6.07, 6.45) is 8.65. The number of piperidine rings is 2. The van der Waals surface area contributed by atoms with Crippen LogP contribution in [0.1, 0.15) is 31.5 Å². The molecular weight excluding hydrogens is 345 g/mol. The monoisotopic (exact) mass is 367 g/mol. The Morgan fingerprint density at radius 3 is 2.11 bits per heavy atom. The highest BCUT2D eigenvalue weighted by Gasteiger charge is 2.30. The molecule has 2 aliphatic rings. The number of aromatic nitrogens is 4. The van der Waals surface area contributed by atoms with Crippen molar-refractivity contribution in [1.29, 1.82) is 5.26 Å². The van der Waals surface area contributed by atoms with Gasteiger partial charge in [-0.25, -0.2) is 24.3 Å². The molecule has 0 saturated carbocycles. The Morgan fingerprint density at radius 2 is 1.52 bits per heavy atom. The molecule has 0 aliphatic carbocycles. The quantitative estimate of drug-likeness (QED) is 0.824. The van der Waals surface area contributed by atoms with Crippen LogP contribution < -0.4 is 9.80 Å². The van der Waals surface area contributed by atoms with Crippen LogP contribution >= 0.6 is 0 Å². The molecule has 2 aromatic rings. The topological polar surface area (TPSA) is 81.8 Å². The Kier molecular flexibility index (Phi) is 5.10. The van der Waals surface area contributed by atoms with E-state index in [2.05, 4.69) is 29.7 Å². The van der Waals surface area contributed by atoms with E-state index in [1.54, 1.807) is 6.20 Å². The number of hydrogen-bond donors (Lipinski definition) is 0. The van der Waals surface area contributed by atoms with Crippen LogP contribution in [0.15, 0.2) is 24.7 Å². The third-order valence-electron chi connectivity index (χ3n) is 5.70. The third-order valence-corrected chi connectivity index (χ3v) is 5.70. The highest BCUT2D eigenvalue weighted by atomic mass is 19.1. The lowest BCUT2D eigenvalue weighted by Crippen LogP contribution is -2.41. The van der Waals surface area contributed by atoms with Gasteiger partial charge in [-0.3, -0.25) is 0 Å². The molecule has 2 aliphatic heterocycles. The predicted molar refractivity (Wildman–Crippen MR) is 98.6 cm³/mol. The van der Waals surface area contributed by atoms with Crippen LogP contribution in [0.2, 0.25) is 0 Å². The maximum Gasteiger partial charge on any atom is 0.234 e. The first-order valence-electron chi connectivity index (χ1n) is 9.43. The van der Waals surface area contributed by atoms with Gasteiger partial charge in [-0.2, -0.15) is 5.26 Å². The van der Waals surface area contributed by atoms with E-state index in [1.807, 2.05) is 12.1 Å². The summed E-state index contributed by atoms with van der Waals surface area (Å²) < 4.78 is 13.0. The Morgan fingerprint density at radius 1 is 0.926 bits per heavy atom. The fourth-order valence-corrected chi connectivity index (χ4v) is 4.22. The van der Waals surface area contributed by atoms with Crippen LogP contribution in [0.25, 0.3) is 0 Å². The Labute approximate surface area is 157 Å². The van der Waals surface area contributed by atoms with E-state index < -0.39 is 5.82 Å². The van der Waals surface area contributed by atoms with Crippen molar-refractivity contribution in [2.45, 2.75) is 25.7 Å². The molecule has 4 heterocycles. The van der Waals surface area contributed by atoms with E-state index in [1.165, 1.54) is 12.4 Å². The Hall–Kier alpha value is -2.82. The Balaban J connectivity index is 1.29. The zero-order valence-electron chi connectivity index (χ0n) is 15.1. The van der Waals surface area contributed by atoms with E-state index in [0.29, 0.717) is 11.9 Å². The zero-order valence-corrected chi connectivity index (χ0v) is 15.1. The summed E-state index contributed by atoms with van der Waals surface area (Å²) in [5, 5.41) is 8.97. The lowest BCUT2D eigenvalue weighted by Gasteiger charge is -2.40. The molecule has 2 aromatic heterocycles. The van der Waals surface area contributed by atoms with E-state index in [0.717, 1.165) is 63.6 Å². The van der Waals surface area contributed by atoms with Gasteiger partial charge in [0.25, 0.3) is 0 Å². The van der Waals surface area contributed by atoms with Gasteiger partial charge < -0.3 is 9.80 Å². The van der Waals surface area contributed by atoms with Gasteiger partial charge in [0.2, 0.25) is 11.8 Å². The molecule has 0 spiro atoms. The second-order valence-electron chi connectivity index (χ2n) is 7.20. The maximum atomic E-state index is 13.0. The van der Waals surface area contributed by atoms with E-state index >= 15 is 0 Å². The second-order valence-corrected chi connectivity index (χ2v) is 7.20. The normalized spacial score (nSPS) is 19.1. The van der Waals surface area contributed by atoms with E-state index in [4.69, 9.17) is 5.26 Å². The lowest BCUT2D eigenvalue weighted by molar-refractivity contribution is 0.232. The average molecular weight is 367 g/mol. The molecule has 0 amide bonds. The first-order chi connectivity index (χ1) is 13.2. The minimum absolute atomic E-state index is 0.227. The van der Waals surface area contributed by atoms with Crippen molar-refractivity contribution in [1.82, 2.24) is 19.9 Å². The summed E-state index contributed by atoms with van der Waals surface area (Å²) >= 11 is 0. The van der Waals surface area contributed by atoms with Crippen molar-refractivity contribution in [2.75, 3.05) is 36.0 Å². The summed E-state index contributed by atoms with van der Waals surface area (Å²) in [6.45, 7) is 3.78. The molecule has 2 saturated heterocycles. The minimum Gasteiger partial charge on any atom is -0.356 e. The summed E-state index contributed by atoms with van der Waals surface area (Å²) in [5.74, 6) is 2.74. The molecule has 0 aromatic carbocycles. The van der Waals surface area contributed by atoms with Crippen LogP contribution in [-0.2, 0) is 0 Å². The maximum absolute atomic E-state index is 13.0. The summed E-state index contributed by atoms with van der Waals surface area (Å²) in [6, 6.07) is 3.88. The predicted octanol–water partition coefficient (Wildman–Crippen LogP) is 2.41. The molecule has 140 valence electrons. The number of hydrogen-bond acceptors (Lipinski definition) is 7. The van der Waals surface area contributed by atoms with Crippen molar-refractivity contribution in [3.63, 3.8) is 0 Å². The number of anilines is 2. The van der Waals surface area contributed by atoms with Crippen molar-refractivity contribution < 1.29 is 4.39 Å². The zero-order chi connectivity index (χ0) is 18.6. The molecule has 27 heavy (non-hydrogen) atoms. The van der Waals surface area contributed by atoms with E-state index in [-0.39, 0.29) is 5.82 Å². The van der Waals surface area contributed by atoms with Gasteiger partial charge in [-0.15, -0.1) is 0 Å². The molecule has 0 radical (unpaired) electrons. The van der Waals surface area contributed by atoms with Gasteiger partial charge in [0, 0.05) is 32.4 Å². The molecule has 0 N–H and O–H groups in total. The van der Waals surface area contributed by atoms with Crippen molar-refractivity contribution >= 4 is 11.8 Å². The largest absolute Gasteiger partial charge is 0.356 e. The average Bonchev–Trinajstić information content (AvgIpc) is 2.75. The highest BCUT2D eigenvalue weighted by molar-refractivity contribution is 5.39. The molecular formula is C19H22FN7. The SMILES string of the molecule is N#Cc1nccc(N2CCC(C3CCN(c4ncc(F)cn4)CC3)CC2)n1. The van der Waals surface area contributed by atoms with Crippen molar-refractivity contribution in [3.8, 4) is 6.07 Å². The fourth-order valence-electron chi connectivity index (χ4n) is 4.22. The summed E-state index contributed by atoms with van der Waals surface area (Å²) in [5.41, 5.74) is 0. The van der Waals surface area contributed by atoms with Gasteiger partial charge in [0.05, 0.1) is 12.4 Å². The molecule has 0 bridgehead atoms. The molecule has 0 unspecified atom stereocenters. The first kappa shape index (κ1) is 17.6. The van der Waals surface area contributed by atoms with Crippen LogP contribution in [0.4, 0.5) is 16.2 Å². The lowest BCUT2D eigenvalue weighted by atomic mass is 9.79. The molecule has 7 nitrogen and oxygen atoms in total. The van der Waals surface area contributed by atoms with Crippen LogP contribution in [-0.4, -0.2) is 46.1 Å². The molecule has 4 rings (SSSR count). The van der Waals surface area contributed by atoms with E-state index in [9.17, 15) is 4.39 Å². The van der Waals surface area contributed by atoms with Gasteiger partial charge in [0.1, 0.15) is 11.9 Å². The van der Waals surface area contributed by atoms with Gasteiger partial charge >= 0.3 is 0 Å². The fraction of sp³-hybridized carbons (Fsp3) is 0.526. The number of nitrogens with zero attached hydrogens (tertiary/aromatic N) is 7. The van der Waals surface area contributed by atoms with Gasteiger partial charge in [0.15, 0.2) is 5.82 Å². The van der Waals surface area contributed by atoms with Crippen molar-refractivity contribution in [2.24, 2.45) is 11.8 Å². The standard InChI is InChI=1S/C19H22FN7/c20-16-12-23-19(24-13-16)27-9-4-15(5-10-27)14-2-7-26(8-3-14)18-1-6-22-17(11-21)25-18/h1,6,12-15H,2-5,7-10H2. The van der Waals surface area contributed by atoms with Crippen LogP contribution in [0.3, 0.4) is 0 Å². The minimum atomic E-state index is -0.397. The molecule has 8 heteroatoms. The Bertz CT molecular complexity index is 804. The highest BCUT2D eigenvalue weighted by Crippen LogP contribution is 2.34. The number of halogens is 1. The van der Waals surface area contributed by atoms with Gasteiger partial charge in [-0.05, 0) is 43.6 Å². The summed E-state index contributed by atoms with van der Waals surface area (Å²) in [7, 11) is 0. The van der Waals surface area contributed by atoms with Gasteiger partial charge in [-0.1, -0.05) is 0 Å². The molecule has 2 fully saturated rings. The summed E-state index contributed by atoms with van der Waals surface area (Å²) in [4.78, 5) is 20.8. The van der Waals surface area contributed by atoms with Crippen molar-refractivity contribution in [3.05, 3.63) is 36.3 Å². The number of rotatable bonds is 3.